The quantitative estimate of drug-likeness (QED) is 0.194. The first kappa shape index (κ1) is 20.1. The number of thioether (sulfide) groups is 1. The lowest BCUT2D eigenvalue weighted by Gasteiger charge is -2.06. The molecule has 4 rings (SSSR count). The molecule has 0 unspecified atom stereocenters. The van der Waals surface area contributed by atoms with Gasteiger partial charge in [0.15, 0.2) is 4.34 Å². The molecule has 30 heavy (non-hydrogen) atoms. The van der Waals surface area contributed by atoms with Crippen LogP contribution in [0.5, 0.6) is 11.5 Å². The van der Waals surface area contributed by atoms with Crippen LogP contribution in [-0.2, 0) is 11.2 Å². The largest absolute Gasteiger partial charge is 0.457 e. The fourth-order valence-electron chi connectivity index (χ4n) is 2.79. The Morgan fingerprint density at radius 2 is 1.77 bits per heavy atom. The lowest BCUT2D eigenvalue weighted by Crippen LogP contribution is -2.05. The minimum Gasteiger partial charge on any atom is -0.457 e. The Kier molecular flexibility index (Phi) is 6.06. The number of carbonyl (C=O) groups excluding carboxylic acids is 1. The average Bonchev–Trinajstić information content (AvgIpc) is 3.16. The Balaban J connectivity index is 1.32. The van der Waals surface area contributed by atoms with E-state index in [9.17, 15) is 14.9 Å². The van der Waals surface area contributed by atoms with Gasteiger partial charge in [0.1, 0.15) is 17.3 Å². The van der Waals surface area contributed by atoms with Crippen molar-refractivity contribution in [2.24, 2.45) is 0 Å². The van der Waals surface area contributed by atoms with Gasteiger partial charge in [-0.25, -0.2) is 4.98 Å². The summed E-state index contributed by atoms with van der Waals surface area (Å²) in [6, 6.07) is 21.6. The van der Waals surface area contributed by atoms with Crippen LogP contribution in [0.1, 0.15) is 5.56 Å². The first-order chi connectivity index (χ1) is 14.6. The maximum absolute atomic E-state index is 12.4. The predicted octanol–water partition coefficient (Wildman–Crippen LogP) is 5.90. The predicted molar refractivity (Wildman–Crippen MR) is 119 cm³/mol. The van der Waals surface area contributed by atoms with Crippen LogP contribution in [0.25, 0.3) is 10.2 Å². The third-order valence-electron chi connectivity index (χ3n) is 4.22. The number of hydrogen-bond acceptors (Lipinski definition) is 7. The van der Waals surface area contributed by atoms with Crippen molar-refractivity contribution in [1.82, 2.24) is 4.98 Å². The standard InChI is InChI=1S/C22H16N2O4S2/c25-17(12-15-6-9-19(10-7-15)28-18-4-2-1-3-5-18)14-29-22-23-20-13-16(24(26)27)8-11-21(20)30-22/h1-11,13H,12,14H2. The summed E-state index contributed by atoms with van der Waals surface area (Å²) in [6.07, 6.45) is 0.328. The SMILES string of the molecule is O=C(CSc1nc2cc([N+](=O)[O-])ccc2s1)Cc1ccc(Oc2ccccc2)cc1. The van der Waals surface area contributed by atoms with E-state index in [1.807, 2.05) is 54.6 Å². The molecule has 0 N–H and O–H groups in total. The highest BCUT2D eigenvalue weighted by molar-refractivity contribution is 8.01. The number of nitrogens with zero attached hydrogens (tertiary/aromatic N) is 2. The summed E-state index contributed by atoms with van der Waals surface area (Å²) < 4.78 is 7.35. The highest BCUT2D eigenvalue weighted by Crippen LogP contribution is 2.31. The van der Waals surface area contributed by atoms with Gasteiger partial charge in [-0.05, 0) is 35.9 Å². The minimum atomic E-state index is -0.439. The van der Waals surface area contributed by atoms with Gasteiger partial charge in [-0.1, -0.05) is 42.1 Å². The number of hydrogen-bond donors (Lipinski definition) is 0. The fourth-order valence-corrected chi connectivity index (χ4v) is 4.70. The van der Waals surface area contributed by atoms with Crippen LogP contribution >= 0.6 is 23.1 Å². The molecule has 0 bridgehead atoms. The zero-order chi connectivity index (χ0) is 20.9. The van der Waals surface area contributed by atoms with Crippen LogP contribution < -0.4 is 4.74 Å². The molecule has 0 radical (unpaired) electrons. The molecular formula is C22H16N2O4S2. The molecule has 0 aliphatic rings. The van der Waals surface area contributed by atoms with Crippen molar-refractivity contribution in [1.29, 1.82) is 0 Å². The van der Waals surface area contributed by atoms with Gasteiger partial charge in [0.05, 0.1) is 20.9 Å². The van der Waals surface area contributed by atoms with Gasteiger partial charge in [0, 0.05) is 18.6 Å². The second kappa shape index (κ2) is 9.06. The molecule has 0 spiro atoms. The smallest absolute Gasteiger partial charge is 0.271 e. The van der Waals surface area contributed by atoms with Crippen LogP contribution in [0, 0.1) is 10.1 Å². The molecule has 0 amide bonds. The van der Waals surface area contributed by atoms with E-state index in [1.165, 1.54) is 35.2 Å². The molecule has 1 heterocycles. The van der Waals surface area contributed by atoms with E-state index in [1.54, 1.807) is 6.07 Å². The van der Waals surface area contributed by atoms with Crippen molar-refractivity contribution in [2.45, 2.75) is 10.8 Å². The van der Waals surface area contributed by atoms with E-state index in [4.69, 9.17) is 4.74 Å². The van der Waals surface area contributed by atoms with Crippen molar-refractivity contribution in [3.05, 3.63) is 88.5 Å². The third-order valence-corrected chi connectivity index (χ3v) is 6.46. The highest BCUT2D eigenvalue weighted by atomic mass is 32.2. The molecule has 0 atom stereocenters. The van der Waals surface area contributed by atoms with Gasteiger partial charge >= 0.3 is 0 Å². The molecule has 8 heteroatoms. The molecule has 4 aromatic rings. The first-order valence-corrected chi connectivity index (χ1v) is 10.9. The van der Waals surface area contributed by atoms with Gasteiger partial charge in [0.2, 0.25) is 0 Å². The maximum Gasteiger partial charge on any atom is 0.271 e. The van der Waals surface area contributed by atoms with Gasteiger partial charge < -0.3 is 4.74 Å². The van der Waals surface area contributed by atoms with Crippen LogP contribution in [0.2, 0.25) is 0 Å². The second-order valence-corrected chi connectivity index (χ2v) is 8.71. The van der Waals surface area contributed by atoms with Crippen LogP contribution in [-0.4, -0.2) is 21.4 Å². The number of nitro groups is 1. The van der Waals surface area contributed by atoms with Crippen molar-refractivity contribution >= 4 is 44.8 Å². The number of benzene rings is 3. The molecule has 0 saturated carbocycles. The number of para-hydroxylation sites is 1. The zero-order valence-electron chi connectivity index (χ0n) is 15.7. The molecule has 6 nitrogen and oxygen atoms in total. The Morgan fingerprint density at radius 3 is 2.50 bits per heavy atom. The molecule has 150 valence electrons. The van der Waals surface area contributed by atoms with Crippen molar-refractivity contribution in [3.63, 3.8) is 0 Å². The van der Waals surface area contributed by atoms with Crippen LogP contribution in [0.3, 0.4) is 0 Å². The van der Waals surface area contributed by atoms with Crippen molar-refractivity contribution < 1.29 is 14.5 Å². The Hall–Kier alpha value is -3.23. The summed E-state index contributed by atoms with van der Waals surface area (Å²) in [5.74, 6) is 1.86. The zero-order valence-corrected chi connectivity index (χ0v) is 17.3. The second-order valence-electron chi connectivity index (χ2n) is 6.45. The molecule has 0 fully saturated rings. The molecule has 1 aromatic heterocycles. The summed E-state index contributed by atoms with van der Waals surface area (Å²) in [7, 11) is 0. The number of ether oxygens (including phenoxy) is 1. The van der Waals surface area contributed by atoms with Gasteiger partial charge in [-0.2, -0.15) is 0 Å². The fraction of sp³-hybridized carbons (Fsp3) is 0.0909. The summed E-state index contributed by atoms with van der Waals surface area (Å²) in [6.45, 7) is 0. The van der Waals surface area contributed by atoms with Gasteiger partial charge in [-0.3, -0.25) is 14.9 Å². The lowest BCUT2D eigenvalue weighted by molar-refractivity contribution is -0.384. The third kappa shape index (κ3) is 5.03. The highest BCUT2D eigenvalue weighted by Gasteiger charge is 2.12. The number of rotatable bonds is 8. The van der Waals surface area contributed by atoms with Gasteiger partial charge in [0.25, 0.3) is 5.69 Å². The number of carbonyl (C=O) groups is 1. The number of aromatic nitrogens is 1. The number of nitro benzene ring substituents is 1. The number of ketones is 1. The number of Topliss-reactive ketones (excluding diaryl/α,β-unsaturated/α-hetero) is 1. The van der Waals surface area contributed by atoms with E-state index in [0.29, 0.717) is 17.7 Å². The first-order valence-electron chi connectivity index (χ1n) is 9.08. The molecule has 3 aromatic carbocycles. The molecule has 0 aliphatic carbocycles. The maximum atomic E-state index is 12.4. The van der Waals surface area contributed by atoms with E-state index < -0.39 is 4.92 Å². The summed E-state index contributed by atoms with van der Waals surface area (Å²) in [4.78, 5) is 27.2. The van der Waals surface area contributed by atoms with E-state index in [0.717, 1.165) is 26.1 Å². The Labute approximate surface area is 180 Å². The minimum absolute atomic E-state index is 0.0140. The summed E-state index contributed by atoms with van der Waals surface area (Å²) >= 11 is 2.79. The molecular weight excluding hydrogens is 420 g/mol. The molecule has 0 saturated heterocycles. The number of non-ortho nitro benzene ring substituents is 1. The normalized spacial score (nSPS) is 10.8. The lowest BCUT2D eigenvalue weighted by atomic mass is 10.1. The van der Waals surface area contributed by atoms with E-state index in [2.05, 4.69) is 4.98 Å². The van der Waals surface area contributed by atoms with E-state index in [-0.39, 0.29) is 11.5 Å². The number of thiazole rings is 1. The summed E-state index contributed by atoms with van der Waals surface area (Å²) in [5.41, 5.74) is 1.51. The average molecular weight is 437 g/mol. The van der Waals surface area contributed by atoms with Crippen LogP contribution in [0.15, 0.2) is 77.1 Å². The Morgan fingerprint density at radius 1 is 1.03 bits per heavy atom. The van der Waals surface area contributed by atoms with E-state index >= 15 is 0 Å². The van der Waals surface area contributed by atoms with Crippen LogP contribution in [0.4, 0.5) is 5.69 Å². The Bertz CT molecular complexity index is 1190. The van der Waals surface area contributed by atoms with Gasteiger partial charge in [-0.15, -0.1) is 11.3 Å². The van der Waals surface area contributed by atoms with Crippen molar-refractivity contribution in [3.8, 4) is 11.5 Å². The van der Waals surface area contributed by atoms with Crippen molar-refractivity contribution in [2.75, 3.05) is 5.75 Å². The summed E-state index contributed by atoms with van der Waals surface area (Å²) in [5, 5.41) is 10.9. The topological polar surface area (TPSA) is 82.3 Å². The monoisotopic (exact) mass is 436 g/mol. The number of fused-ring (bicyclic) bond motifs is 1. The molecule has 0 aliphatic heterocycles.